The molecule has 2 aromatic heterocycles. The van der Waals surface area contributed by atoms with Crippen LogP contribution in [0.3, 0.4) is 0 Å². The van der Waals surface area contributed by atoms with E-state index in [0.717, 1.165) is 23.7 Å². The SMILES string of the molecule is CC1CCc2c(nc3nc(-c4ccccc4)cc(C(F)(F)F)c3c2N)C1. The van der Waals surface area contributed by atoms with E-state index >= 15 is 0 Å². The standard InChI is InChI=1S/C20H18F3N3/c1-11-7-8-13-16(9-11)26-19-17(18(13)24)14(20(21,22)23)10-15(25-19)12-5-3-2-4-6-12/h2-6,10-11H,7-9H2,1H3,(H2,24,25,26). The molecule has 1 unspecified atom stereocenters. The van der Waals surface area contributed by atoms with E-state index in [1.807, 2.05) is 6.07 Å². The van der Waals surface area contributed by atoms with Crippen molar-refractivity contribution in [1.29, 1.82) is 0 Å². The van der Waals surface area contributed by atoms with Crippen LogP contribution >= 0.6 is 0 Å². The number of hydrogen-bond acceptors (Lipinski definition) is 3. The Balaban J connectivity index is 2.04. The quantitative estimate of drug-likeness (QED) is 0.665. The lowest BCUT2D eigenvalue weighted by Crippen LogP contribution is -2.17. The average Bonchev–Trinajstić information content (AvgIpc) is 2.60. The number of fused-ring (bicyclic) bond motifs is 2. The molecule has 0 spiro atoms. The van der Waals surface area contributed by atoms with Crippen LogP contribution in [0.2, 0.25) is 0 Å². The number of aromatic nitrogens is 2. The summed E-state index contributed by atoms with van der Waals surface area (Å²) in [7, 11) is 0. The topological polar surface area (TPSA) is 51.8 Å². The van der Waals surface area contributed by atoms with Gasteiger partial charge in [-0.1, -0.05) is 37.3 Å². The van der Waals surface area contributed by atoms with E-state index in [1.165, 1.54) is 0 Å². The van der Waals surface area contributed by atoms with Crippen LogP contribution in [0.1, 0.15) is 30.2 Å². The van der Waals surface area contributed by atoms with Crippen LogP contribution in [0.4, 0.5) is 18.9 Å². The summed E-state index contributed by atoms with van der Waals surface area (Å²) in [5.41, 5.74) is 8.06. The molecule has 134 valence electrons. The fourth-order valence-corrected chi connectivity index (χ4v) is 3.63. The van der Waals surface area contributed by atoms with Gasteiger partial charge in [0.25, 0.3) is 0 Å². The molecule has 3 nitrogen and oxygen atoms in total. The van der Waals surface area contributed by atoms with Gasteiger partial charge in [-0.15, -0.1) is 0 Å². The molecule has 2 heterocycles. The molecule has 0 fully saturated rings. The maximum absolute atomic E-state index is 13.8. The van der Waals surface area contributed by atoms with Crippen molar-refractivity contribution in [1.82, 2.24) is 9.97 Å². The summed E-state index contributed by atoms with van der Waals surface area (Å²) < 4.78 is 41.3. The lowest BCUT2D eigenvalue weighted by molar-refractivity contribution is -0.136. The van der Waals surface area contributed by atoms with Gasteiger partial charge >= 0.3 is 6.18 Å². The molecule has 6 heteroatoms. The highest BCUT2D eigenvalue weighted by molar-refractivity contribution is 5.95. The van der Waals surface area contributed by atoms with Gasteiger partial charge in [0.2, 0.25) is 0 Å². The molecule has 0 radical (unpaired) electrons. The van der Waals surface area contributed by atoms with E-state index in [-0.39, 0.29) is 22.4 Å². The molecule has 1 aliphatic rings. The predicted molar refractivity (Wildman–Crippen MR) is 95.6 cm³/mol. The Kier molecular flexibility index (Phi) is 3.86. The van der Waals surface area contributed by atoms with E-state index in [2.05, 4.69) is 16.9 Å². The molecule has 1 aromatic carbocycles. The number of halogens is 3. The maximum Gasteiger partial charge on any atom is 0.417 e. The number of pyridine rings is 2. The predicted octanol–water partition coefficient (Wildman–Crippen LogP) is 5.02. The van der Waals surface area contributed by atoms with Gasteiger partial charge in [0.05, 0.1) is 16.6 Å². The van der Waals surface area contributed by atoms with Crippen LogP contribution in [0.25, 0.3) is 22.3 Å². The molecule has 0 amide bonds. The van der Waals surface area contributed by atoms with Gasteiger partial charge in [-0.25, -0.2) is 9.97 Å². The summed E-state index contributed by atoms with van der Waals surface area (Å²) >= 11 is 0. The minimum atomic E-state index is -4.53. The van der Waals surface area contributed by atoms with E-state index in [1.54, 1.807) is 24.3 Å². The second-order valence-electron chi connectivity index (χ2n) is 6.92. The zero-order valence-corrected chi connectivity index (χ0v) is 14.3. The van der Waals surface area contributed by atoms with Crippen LogP contribution in [0.15, 0.2) is 36.4 Å². The fourth-order valence-electron chi connectivity index (χ4n) is 3.63. The largest absolute Gasteiger partial charge is 0.417 e. The van der Waals surface area contributed by atoms with Crippen molar-refractivity contribution >= 4 is 16.7 Å². The summed E-state index contributed by atoms with van der Waals surface area (Å²) in [4.78, 5) is 8.92. The third kappa shape index (κ3) is 2.79. The highest BCUT2D eigenvalue weighted by atomic mass is 19.4. The van der Waals surface area contributed by atoms with Crippen molar-refractivity contribution in [2.75, 3.05) is 5.73 Å². The van der Waals surface area contributed by atoms with Crippen molar-refractivity contribution in [2.45, 2.75) is 32.4 Å². The minimum Gasteiger partial charge on any atom is -0.398 e. The van der Waals surface area contributed by atoms with E-state index in [0.29, 0.717) is 24.3 Å². The molecular weight excluding hydrogens is 339 g/mol. The third-order valence-electron chi connectivity index (χ3n) is 4.99. The van der Waals surface area contributed by atoms with Crippen molar-refractivity contribution in [3.8, 4) is 11.3 Å². The molecule has 3 aromatic rings. The second-order valence-corrected chi connectivity index (χ2v) is 6.92. The van der Waals surface area contributed by atoms with Crippen molar-refractivity contribution in [3.63, 3.8) is 0 Å². The van der Waals surface area contributed by atoms with Crippen molar-refractivity contribution in [3.05, 3.63) is 53.2 Å². The third-order valence-corrected chi connectivity index (χ3v) is 4.99. The fraction of sp³-hybridized carbons (Fsp3) is 0.300. The molecule has 0 saturated heterocycles. The number of alkyl halides is 3. The van der Waals surface area contributed by atoms with Gasteiger partial charge in [-0.2, -0.15) is 13.2 Å². The van der Waals surface area contributed by atoms with Crippen molar-refractivity contribution in [2.24, 2.45) is 5.92 Å². The van der Waals surface area contributed by atoms with Gasteiger partial charge in [0, 0.05) is 16.9 Å². The average molecular weight is 357 g/mol. The van der Waals surface area contributed by atoms with Gasteiger partial charge in [-0.3, -0.25) is 0 Å². The molecule has 1 atom stereocenters. The molecule has 0 bridgehead atoms. The van der Waals surface area contributed by atoms with Gasteiger partial charge in [0.1, 0.15) is 0 Å². The summed E-state index contributed by atoms with van der Waals surface area (Å²) in [6.45, 7) is 2.11. The molecule has 4 rings (SSSR count). The molecule has 1 aliphatic carbocycles. The lowest BCUT2D eigenvalue weighted by atomic mass is 9.86. The number of hydrogen-bond donors (Lipinski definition) is 1. The zero-order valence-electron chi connectivity index (χ0n) is 14.3. The lowest BCUT2D eigenvalue weighted by Gasteiger charge is -2.24. The highest BCUT2D eigenvalue weighted by Crippen LogP contribution is 2.41. The Morgan fingerprint density at radius 1 is 1.12 bits per heavy atom. The summed E-state index contributed by atoms with van der Waals surface area (Å²) in [5, 5.41) is -0.0783. The number of rotatable bonds is 1. The molecule has 2 N–H and O–H groups in total. The molecule has 26 heavy (non-hydrogen) atoms. The van der Waals surface area contributed by atoms with E-state index in [4.69, 9.17) is 5.73 Å². The van der Waals surface area contributed by atoms with Gasteiger partial charge in [-0.05, 0) is 36.8 Å². The number of nitrogen functional groups attached to an aromatic ring is 1. The Bertz CT molecular complexity index is 981. The smallest absolute Gasteiger partial charge is 0.398 e. The molecule has 0 saturated carbocycles. The first-order valence-corrected chi connectivity index (χ1v) is 8.59. The first-order valence-electron chi connectivity index (χ1n) is 8.59. The Labute approximate surface area is 149 Å². The second kappa shape index (κ2) is 5.97. The van der Waals surface area contributed by atoms with Crippen LogP contribution < -0.4 is 5.73 Å². The number of nitrogens with zero attached hydrogens (tertiary/aromatic N) is 2. The summed E-state index contributed by atoms with van der Waals surface area (Å²) in [6, 6.07) is 9.89. The van der Waals surface area contributed by atoms with Crippen molar-refractivity contribution < 1.29 is 13.2 Å². The Hall–Kier alpha value is -2.63. The minimum absolute atomic E-state index is 0.0732. The maximum atomic E-state index is 13.8. The van der Waals surface area contributed by atoms with Gasteiger partial charge in [0.15, 0.2) is 5.65 Å². The normalized spacial score (nSPS) is 17.3. The highest BCUT2D eigenvalue weighted by Gasteiger charge is 2.36. The summed E-state index contributed by atoms with van der Waals surface area (Å²) in [5.74, 6) is 0.436. The van der Waals surface area contributed by atoms with Crippen LogP contribution in [-0.2, 0) is 19.0 Å². The molecular formula is C20H18F3N3. The number of nitrogens with two attached hydrogens (primary N) is 1. The monoisotopic (exact) mass is 357 g/mol. The van der Waals surface area contributed by atoms with E-state index in [9.17, 15) is 13.2 Å². The Morgan fingerprint density at radius 2 is 1.85 bits per heavy atom. The first-order chi connectivity index (χ1) is 12.3. The first kappa shape index (κ1) is 16.8. The van der Waals surface area contributed by atoms with Gasteiger partial charge < -0.3 is 5.73 Å². The van der Waals surface area contributed by atoms with Crippen LogP contribution in [0, 0.1) is 5.92 Å². The number of anilines is 1. The number of benzene rings is 1. The zero-order chi connectivity index (χ0) is 18.5. The van der Waals surface area contributed by atoms with Crippen LogP contribution in [-0.4, -0.2) is 9.97 Å². The Morgan fingerprint density at radius 3 is 2.54 bits per heavy atom. The molecule has 0 aliphatic heterocycles. The van der Waals surface area contributed by atoms with Crippen LogP contribution in [0.5, 0.6) is 0 Å². The van der Waals surface area contributed by atoms with E-state index < -0.39 is 11.7 Å². The summed E-state index contributed by atoms with van der Waals surface area (Å²) in [6.07, 6.45) is -2.25.